The Bertz CT molecular complexity index is 653. The lowest BCUT2D eigenvalue weighted by Gasteiger charge is -2.26. The highest BCUT2D eigenvalue weighted by Crippen LogP contribution is 2.17. The third kappa shape index (κ3) is 4.91. The second kappa shape index (κ2) is 8.08. The number of aryl methyl sites for hydroxylation is 2. The third-order valence-electron chi connectivity index (χ3n) is 3.99. The zero-order chi connectivity index (χ0) is 16.8. The molecular formula is C18H25N5O. The second-order valence-electron chi connectivity index (χ2n) is 6.09. The molecule has 0 atom stereocenters. The first-order valence-electron chi connectivity index (χ1n) is 8.42. The first kappa shape index (κ1) is 16.7. The molecule has 2 aromatic rings. The summed E-state index contributed by atoms with van der Waals surface area (Å²) >= 11 is 0. The van der Waals surface area contributed by atoms with Crippen LogP contribution in [0.2, 0.25) is 0 Å². The molecule has 1 aromatic carbocycles. The zero-order valence-corrected chi connectivity index (χ0v) is 14.4. The van der Waals surface area contributed by atoms with Gasteiger partial charge in [0.25, 0.3) is 0 Å². The Hall–Kier alpha value is -2.18. The molecule has 24 heavy (non-hydrogen) atoms. The Morgan fingerprint density at radius 3 is 2.58 bits per heavy atom. The lowest BCUT2D eigenvalue weighted by molar-refractivity contribution is 0.0398. The molecule has 0 bridgehead atoms. The van der Waals surface area contributed by atoms with E-state index in [2.05, 4.69) is 56.7 Å². The number of hydrogen-bond acceptors (Lipinski definition) is 6. The van der Waals surface area contributed by atoms with Crippen molar-refractivity contribution in [3.8, 4) is 0 Å². The number of benzene rings is 1. The van der Waals surface area contributed by atoms with Gasteiger partial charge in [-0.25, -0.2) is 4.98 Å². The molecule has 3 rings (SSSR count). The standard InChI is InChI=1S/C18H25N5O/c1-14-3-5-16(6-4-14)21-17-13-15(2)20-18(22-17)19-7-8-23-9-11-24-12-10-23/h3-6,13H,7-12H2,1-2H3,(H2,19,20,21,22). The number of nitrogens with zero attached hydrogens (tertiary/aromatic N) is 3. The van der Waals surface area contributed by atoms with Crippen molar-refractivity contribution in [2.24, 2.45) is 0 Å². The molecule has 6 nitrogen and oxygen atoms in total. The monoisotopic (exact) mass is 327 g/mol. The lowest BCUT2D eigenvalue weighted by atomic mass is 10.2. The average Bonchev–Trinajstić information content (AvgIpc) is 2.57. The van der Waals surface area contributed by atoms with Crippen LogP contribution < -0.4 is 10.6 Å². The Kier molecular flexibility index (Phi) is 5.61. The fourth-order valence-corrected chi connectivity index (χ4v) is 2.65. The minimum Gasteiger partial charge on any atom is -0.379 e. The largest absolute Gasteiger partial charge is 0.379 e. The Morgan fingerprint density at radius 1 is 1.08 bits per heavy atom. The van der Waals surface area contributed by atoms with E-state index in [4.69, 9.17) is 4.74 Å². The Labute approximate surface area is 143 Å². The number of aromatic nitrogens is 2. The number of anilines is 3. The fraction of sp³-hybridized carbons (Fsp3) is 0.444. The fourth-order valence-electron chi connectivity index (χ4n) is 2.65. The maximum absolute atomic E-state index is 5.36. The third-order valence-corrected chi connectivity index (χ3v) is 3.99. The molecule has 0 radical (unpaired) electrons. The topological polar surface area (TPSA) is 62.3 Å². The summed E-state index contributed by atoms with van der Waals surface area (Å²) in [5.41, 5.74) is 3.20. The van der Waals surface area contributed by atoms with Crippen molar-refractivity contribution >= 4 is 17.5 Å². The van der Waals surface area contributed by atoms with Gasteiger partial charge in [-0.3, -0.25) is 4.90 Å². The number of nitrogens with one attached hydrogen (secondary N) is 2. The summed E-state index contributed by atoms with van der Waals surface area (Å²) in [7, 11) is 0. The van der Waals surface area contributed by atoms with E-state index in [9.17, 15) is 0 Å². The van der Waals surface area contributed by atoms with Crippen molar-refractivity contribution in [2.45, 2.75) is 13.8 Å². The first-order valence-corrected chi connectivity index (χ1v) is 8.42. The highest BCUT2D eigenvalue weighted by molar-refractivity contribution is 5.57. The second-order valence-corrected chi connectivity index (χ2v) is 6.09. The predicted octanol–water partition coefficient (Wildman–Crippen LogP) is 2.58. The van der Waals surface area contributed by atoms with E-state index in [1.165, 1.54) is 5.56 Å². The SMILES string of the molecule is Cc1ccc(Nc2cc(C)nc(NCCN3CCOCC3)n2)cc1. The van der Waals surface area contributed by atoms with Crippen LogP contribution in [0.25, 0.3) is 0 Å². The molecule has 2 heterocycles. The van der Waals surface area contributed by atoms with Crippen molar-refractivity contribution < 1.29 is 4.74 Å². The molecule has 1 aliphatic heterocycles. The van der Waals surface area contributed by atoms with Crippen molar-refractivity contribution in [2.75, 3.05) is 50.0 Å². The molecule has 1 aliphatic rings. The van der Waals surface area contributed by atoms with Gasteiger partial charge < -0.3 is 15.4 Å². The quantitative estimate of drug-likeness (QED) is 0.850. The van der Waals surface area contributed by atoms with Crippen LogP contribution >= 0.6 is 0 Å². The summed E-state index contributed by atoms with van der Waals surface area (Å²) in [6, 6.07) is 10.2. The van der Waals surface area contributed by atoms with Crippen molar-refractivity contribution in [1.29, 1.82) is 0 Å². The number of hydrogen-bond donors (Lipinski definition) is 2. The highest BCUT2D eigenvalue weighted by Gasteiger charge is 2.10. The Morgan fingerprint density at radius 2 is 1.83 bits per heavy atom. The van der Waals surface area contributed by atoms with Gasteiger partial charge >= 0.3 is 0 Å². The van der Waals surface area contributed by atoms with Gasteiger partial charge in [0, 0.05) is 43.6 Å². The van der Waals surface area contributed by atoms with Gasteiger partial charge in [0.05, 0.1) is 13.2 Å². The molecule has 0 saturated carbocycles. The van der Waals surface area contributed by atoms with Gasteiger partial charge in [0.1, 0.15) is 5.82 Å². The molecular weight excluding hydrogens is 302 g/mol. The van der Waals surface area contributed by atoms with E-state index in [0.29, 0.717) is 5.95 Å². The summed E-state index contributed by atoms with van der Waals surface area (Å²) < 4.78 is 5.36. The molecule has 2 N–H and O–H groups in total. The minimum absolute atomic E-state index is 0.665. The summed E-state index contributed by atoms with van der Waals surface area (Å²) in [4.78, 5) is 11.4. The van der Waals surface area contributed by atoms with E-state index in [0.717, 1.165) is 56.6 Å². The highest BCUT2D eigenvalue weighted by atomic mass is 16.5. The van der Waals surface area contributed by atoms with Crippen LogP contribution in [0.3, 0.4) is 0 Å². The van der Waals surface area contributed by atoms with Crippen molar-refractivity contribution in [1.82, 2.24) is 14.9 Å². The van der Waals surface area contributed by atoms with Gasteiger partial charge in [-0.15, -0.1) is 0 Å². The summed E-state index contributed by atoms with van der Waals surface area (Å²) in [6.45, 7) is 9.50. The van der Waals surface area contributed by atoms with Gasteiger partial charge in [-0.05, 0) is 26.0 Å². The van der Waals surface area contributed by atoms with Crippen LogP contribution in [0.1, 0.15) is 11.3 Å². The predicted molar refractivity (Wildman–Crippen MR) is 97.0 cm³/mol. The lowest BCUT2D eigenvalue weighted by Crippen LogP contribution is -2.39. The number of ether oxygens (including phenoxy) is 1. The zero-order valence-electron chi connectivity index (χ0n) is 14.4. The molecule has 1 fully saturated rings. The Balaban J connectivity index is 1.57. The van der Waals surface area contributed by atoms with E-state index in [1.807, 2.05) is 13.0 Å². The smallest absolute Gasteiger partial charge is 0.224 e. The molecule has 0 aliphatic carbocycles. The summed E-state index contributed by atoms with van der Waals surface area (Å²) in [5.74, 6) is 1.47. The number of morpholine rings is 1. The van der Waals surface area contributed by atoms with Crippen LogP contribution in [0.4, 0.5) is 17.5 Å². The van der Waals surface area contributed by atoms with Gasteiger partial charge in [0.2, 0.25) is 5.95 Å². The molecule has 1 aromatic heterocycles. The summed E-state index contributed by atoms with van der Waals surface area (Å²) in [6.07, 6.45) is 0. The van der Waals surface area contributed by atoms with Crippen LogP contribution in [0.5, 0.6) is 0 Å². The van der Waals surface area contributed by atoms with E-state index < -0.39 is 0 Å². The maximum atomic E-state index is 5.36. The van der Waals surface area contributed by atoms with Crippen LogP contribution in [0, 0.1) is 13.8 Å². The van der Waals surface area contributed by atoms with Gasteiger partial charge in [-0.1, -0.05) is 17.7 Å². The van der Waals surface area contributed by atoms with Crippen LogP contribution in [0.15, 0.2) is 30.3 Å². The van der Waals surface area contributed by atoms with Crippen molar-refractivity contribution in [3.05, 3.63) is 41.6 Å². The van der Waals surface area contributed by atoms with Gasteiger partial charge in [-0.2, -0.15) is 4.98 Å². The molecule has 1 saturated heterocycles. The van der Waals surface area contributed by atoms with E-state index in [-0.39, 0.29) is 0 Å². The molecule has 6 heteroatoms. The van der Waals surface area contributed by atoms with Crippen LogP contribution in [-0.4, -0.2) is 54.3 Å². The normalized spacial score (nSPS) is 15.2. The minimum atomic E-state index is 0.665. The van der Waals surface area contributed by atoms with E-state index in [1.54, 1.807) is 0 Å². The molecule has 0 spiro atoms. The maximum Gasteiger partial charge on any atom is 0.224 e. The van der Waals surface area contributed by atoms with Crippen molar-refractivity contribution in [3.63, 3.8) is 0 Å². The number of rotatable bonds is 6. The van der Waals surface area contributed by atoms with Crippen LogP contribution in [-0.2, 0) is 4.74 Å². The van der Waals surface area contributed by atoms with E-state index >= 15 is 0 Å². The molecule has 128 valence electrons. The first-order chi connectivity index (χ1) is 11.7. The summed E-state index contributed by atoms with van der Waals surface area (Å²) in [5, 5.41) is 6.66. The average molecular weight is 327 g/mol. The molecule has 0 amide bonds. The molecule has 0 unspecified atom stereocenters. The van der Waals surface area contributed by atoms with Gasteiger partial charge in [0.15, 0.2) is 0 Å².